The molecule has 3 aromatic rings. The number of amides is 1. The Kier molecular flexibility index (Phi) is 7.14. The Morgan fingerprint density at radius 2 is 1.86 bits per heavy atom. The van der Waals surface area contributed by atoms with Gasteiger partial charge in [-0.2, -0.15) is 0 Å². The molecule has 0 saturated heterocycles. The Morgan fingerprint density at radius 1 is 1.14 bits per heavy atom. The van der Waals surface area contributed by atoms with Crippen LogP contribution in [0.4, 0.5) is 10.8 Å². The van der Waals surface area contributed by atoms with Crippen LogP contribution in [0.3, 0.4) is 0 Å². The van der Waals surface area contributed by atoms with E-state index in [4.69, 9.17) is 27.9 Å². The third-order valence-corrected chi connectivity index (χ3v) is 5.45. The van der Waals surface area contributed by atoms with Gasteiger partial charge in [0.05, 0.1) is 13.2 Å². The van der Waals surface area contributed by atoms with E-state index in [0.717, 1.165) is 21.9 Å². The van der Waals surface area contributed by atoms with Gasteiger partial charge >= 0.3 is 0 Å². The van der Waals surface area contributed by atoms with Crippen LogP contribution in [-0.2, 0) is 11.2 Å². The van der Waals surface area contributed by atoms with E-state index in [2.05, 4.69) is 15.6 Å². The van der Waals surface area contributed by atoms with Crippen molar-refractivity contribution in [1.29, 1.82) is 0 Å². The van der Waals surface area contributed by atoms with Gasteiger partial charge in [0.15, 0.2) is 5.13 Å². The molecule has 0 bridgehead atoms. The molecule has 0 fully saturated rings. The van der Waals surface area contributed by atoms with E-state index in [9.17, 15) is 4.79 Å². The van der Waals surface area contributed by atoms with E-state index in [1.54, 1.807) is 18.3 Å². The maximum absolute atomic E-state index is 12.2. The molecular weight excluding hydrogens is 417 g/mol. The predicted molar refractivity (Wildman–Crippen MR) is 116 cm³/mol. The highest BCUT2D eigenvalue weighted by molar-refractivity contribution is 7.15. The zero-order valence-corrected chi connectivity index (χ0v) is 17.5. The monoisotopic (exact) mass is 435 g/mol. The average molecular weight is 436 g/mol. The molecule has 0 aliphatic rings. The average Bonchev–Trinajstić information content (AvgIpc) is 3.11. The summed E-state index contributed by atoms with van der Waals surface area (Å²) < 4.78 is 5.39. The SMILES string of the molecule is CCOc1ccc(NCC(=O)Nc2ncc(Cc3c(Cl)cccc3Cl)s2)cc1. The summed E-state index contributed by atoms with van der Waals surface area (Å²) in [4.78, 5) is 17.4. The molecule has 0 radical (unpaired) electrons. The fourth-order valence-electron chi connectivity index (χ4n) is 2.50. The van der Waals surface area contributed by atoms with Crippen LogP contribution in [0.1, 0.15) is 17.4 Å². The van der Waals surface area contributed by atoms with Crippen LogP contribution < -0.4 is 15.4 Å². The molecule has 1 aromatic heterocycles. The number of benzene rings is 2. The topological polar surface area (TPSA) is 63.2 Å². The fraction of sp³-hybridized carbons (Fsp3) is 0.200. The number of aromatic nitrogens is 1. The maximum atomic E-state index is 12.2. The molecule has 0 aliphatic heterocycles. The lowest BCUT2D eigenvalue weighted by Gasteiger charge is -2.07. The van der Waals surface area contributed by atoms with Crippen molar-refractivity contribution >= 4 is 51.3 Å². The minimum absolute atomic E-state index is 0.138. The van der Waals surface area contributed by atoms with Crippen LogP contribution >= 0.6 is 34.5 Å². The fourth-order valence-corrected chi connectivity index (χ4v) is 3.88. The number of hydrogen-bond acceptors (Lipinski definition) is 5. The van der Waals surface area contributed by atoms with Gasteiger partial charge in [-0.1, -0.05) is 29.3 Å². The molecule has 3 rings (SSSR count). The number of nitrogens with zero attached hydrogens (tertiary/aromatic N) is 1. The second-order valence-corrected chi connectivity index (χ2v) is 7.80. The molecule has 5 nitrogen and oxygen atoms in total. The number of hydrogen-bond donors (Lipinski definition) is 2. The first-order chi connectivity index (χ1) is 13.5. The molecular formula is C20H19Cl2N3O2S. The van der Waals surface area contributed by atoms with Crippen LogP contribution in [0.5, 0.6) is 5.75 Å². The molecule has 146 valence electrons. The Bertz CT molecular complexity index is 925. The van der Waals surface area contributed by atoms with Crippen LogP contribution in [0, 0.1) is 0 Å². The van der Waals surface area contributed by atoms with E-state index < -0.39 is 0 Å². The summed E-state index contributed by atoms with van der Waals surface area (Å²) in [6.45, 7) is 2.69. The Hall–Kier alpha value is -2.28. The maximum Gasteiger partial charge on any atom is 0.245 e. The van der Waals surface area contributed by atoms with Crippen LogP contribution in [-0.4, -0.2) is 24.0 Å². The van der Waals surface area contributed by atoms with Crippen LogP contribution in [0.25, 0.3) is 0 Å². The largest absolute Gasteiger partial charge is 0.494 e. The number of carbonyl (C=O) groups is 1. The molecule has 2 aromatic carbocycles. The van der Waals surface area contributed by atoms with Gasteiger partial charge in [-0.25, -0.2) is 4.98 Å². The lowest BCUT2D eigenvalue weighted by molar-refractivity contribution is -0.114. The van der Waals surface area contributed by atoms with Gasteiger partial charge in [0.2, 0.25) is 5.91 Å². The van der Waals surface area contributed by atoms with Crippen molar-refractivity contribution in [1.82, 2.24) is 4.98 Å². The zero-order chi connectivity index (χ0) is 19.9. The second kappa shape index (κ2) is 9.78. The summed E-state index contributed by atoms with van der Waals surface area (Å²) in [5.74, 6) is 0.622. The Morgan fingerprint density at radius 3 is 2.54 bits per heavy atom. The highest BCUT2D eigenvalue weighted by Crippen LogP contribution is 2.29. The summed E-state index contributed by atoms with van der Waals surface area (Å²) in [7, 11) is 0. The number of nitrogens with one attached hydrogen (secondary N) is 2. The van der Waals surface area contributed by atoms with E-state index in [-0.39, 0.29) is 12.5 Å². The van der Waals surface area contributed by atoms with Gasteiger partial charge < -0.3 is 15.4 Å². The van der Waals surface area contributed by atoms with E-state index in [1.165, 1.54) is 11.3 Å². The van der Waals surface area contributed by atoms with Gasteiger partial charge in [0.1, 0.15) is 5.75 Å². The molecule has 28 heavy (non-hydrogen) atoms. The van der Waals surface area contributed by atoms with E-state index in [0.29, 0.717) is 28.2 Å². The molecule has 0 saturated carbocycles. The summed E-state index contributed by atoms with van der Waals surface area (Å²) in [5, 5.41) is 7.64. The first kappa shape index (κ1) is 20.5. The standard InChI is InChI=1S/C20H19Cl2N3O2S/c1-2-27-14-8-6-13(7-9-14)23-12-19(26)25-20-24-11-15(28-20)10-16-17(21)4-3-5-18(16)22/h3-9,11,23H,2,10,12H2,1H3,(H,24,25,26). The number of ether oxygens (including phenoxy) is 1. The smallest absolute Gasteiger partial charge is 0.245 e. The number of carbonyl (C=O) groups excluding carboxylic acids is 1. The summed E-state index contributed by atoms with van der Waals surface area (Å²) in [5.41, 5.74) is 1.69. The molecule has 0 spiro atoms. The van der Waals surface area contributed by atoms with Crippen molar-refractivity contribution in [3.8, 4) is 5.75 Å². The number of rotatable bonds is 8. The first-order valence-electron chi connectivity index (χ1n) is 8.69. The Balaban J connectivity index is 1.52. The summed E-state index contributed by atoms with van der Waals surface area (Å²) in [6, 6.07) is 12.9. The minimum atomic E-state index is -0.175. The van der Waals surface area contributed by atoms with Gasteiger partial charge in [-0.05, 0) is 48.9 Å². The minimum Gasteiger partial charge on any atom is -0.494 e. The van der Waals surface area contributed by atoms with Crippen molar-refractivity contribution in [3.05, 3.63) is 69.1 Å². The lowest BCUT2D eigenvalue weighted by atomic mass is 10.1. The number of anilines is 2. The Labute approximate surface area is 177 Å². The third-order valence-electron chi connectivity index (χ3n) is 3.83. The molecule has 1 amide bonds. The van der Waals surface area contributed by atoms with Crippen molar-refractivity contribution in [2.75, 3.05) is 23.8 Å². The molecule has 2 N–H and O–H groups in total. The third kappa shape index (κ3) is 5.61. The highest BCUT2D eigenvalue weighted by Gasteiger charge is 2.11. The molecule has 1 heterocycles. The van der Waals surface area contributed by atoms with Gasteiger partial charge in [0.25, 0.3) is 0 Å². The first-order valence-corrected chi connectivity index (χ1v) is 10.3. The van der Waals surface area contributed by atoms with Crippen molar-refractivity contribution < 1.29 is 9.53 Å². The molecule has 8 heteroatoms. The molecule has 0 aliphatic carbocycles. The van der Waals surface area contributed by atoms with Crippen LogP contribution in [0.2, 0.25) is 10.0 Å². The normalized spacial score (nSPS) is 10.5. The predicted octanol–water partition coefficient (Wildman–Crippen LogP) is 5.49. The van der Waals surface area contributed by atoms with Gasteiger partial charge in [0, 0.05) is 33.2 Å². The van der Waals surface area contributed by atoms with Gasteiger partial charge in [-0.15, -0.1) is 11.3 Å². The summed E-state index contributed by atoms with van der Waals surface area (Å²) >= 11 is 13.8. The van der Waals surface area contributed by atoms with Crippen molar-refractivity contribution in [2.45, 2.75) is 13.3 Å². The van der Waals surface area contributed by atoms with E-state index >= 15 is 0 Å². The van der Waals surface area contributed by atoms with Crippen molar-refractivity contribution in [2.24, 2.45) is 0 Å². The quantitative estimate of drug-likeness (QED) is 0.490. The second-order valence-electron chi connectivity index (χ2n) is 5.87. The molecule has 0 unspecified atom stereocenters. The van der Waals surface area contributed by atoms with Crippen LogP contribution in [0.15, 0.2) is 48.7 Å². The summed E-state index contributed by atoms with van der Waals surface area (Å²) in [6.07, 6.45) is 2.29. The van der Waals surface area contributed by atoms with E-state index in [1.807, 2.05) is 37.3 Å². The van der Waals surface area contributed by atoms with Crippen molar-refractivity contribution in [3.63, 3.8) is 0 Å². The number of thiazole rings is 1. The zero-order valence-electron chi connectivity index (χ0n) is 15.2. The lowest BCUT2D eigenvalue weighted by Crippen LogP contribution is -2.21. The molecule has 0 atom stereocenters. The number of halogens is 2. The highest BCUT2D eigenvalue weighted by atomic mass is 35.5. The van der Waals surface area contributed by atoms with Gasteiger partial charge in [-0.3, -0.25) is 4.79 Å².